The summed E-state index contributed by atoms with van der Waals surface area (Å²) < 4.78 is 29.1. The number of fused-ring (bicyclic) bond motifs is 1. The predicted octanol–water partition coefficient (Wildman–Crippen LogP) is 2.49. The maximum atomic E-state index is 12.8. The Labute approximate surface area is 157 Å². The van der Waals surface area contributed by atoms with Gasteiger partial charge in [0.05, 0.1) is 16.8 Å². The van der Waals surface area contributed by atoms with Crippen molar-refractivity contribution >= 4 is 27.3 Å². The lowest BCUT2D eigenvalue weighted by Crippen LogP contribution is -2.48. The second-order valence-electron chi connectivity index (χ2n) is 6.32. The van der Waals surface area contributed by atoms with Gasteiger partial charge in [0.15, 0.2) is 0 Å². The van der Waals surface area contributed by atoms with E-state index in [1.165, 1.54) is 10.4 Å². The number of piperazine rings is 1. The summed E-state index contributed by atoms with van der Waals surface area (Å²) in [5, 5.41) is 0.428. The Morgan fingerprint density at radius 2 is 1.85 bits per heavy atom. The third-order valence-corrected chi connectivity index (χ3v) is 6.77. The Bertz CT molecular complexity index is 1030. The summed E-state index contributed by atoms with van der Waals surface area (Å²) in [6.45, 7) is 3.03. The predicted molar refractivity (Wildman–Crippen MR) is 101 cm³/mol. The van der Waals surface area contributed by atoms with Crippen molar-refractivity contribution in [3.63, 3.8) is 0 Å². The van der Waals surface area contributed by atoms with E-state index in [0.717, 1.165) is 17.9 Å². The lowest BCUT2D eigenvalue weighted by Gasteiger charge is -2.33. The van der Waals surface area contributed by atoms with Gasteiger partial charge in [-0.2, -0.15) is 4.31 Å². The standard InChI is InChI=1S/C18H19ClN4O2S/c19-15-4-3-5-17(12-15)26(24,25)22-10-8-21(9-11-22)14-16-13-20-18-6-1-2-7-23(16)18/h1-7,12-13H,8-11,14H2. The number of halogens is 1. The molecule has 0 aliphatic carbocycles. The van der Waals surface area contributed by atoms with E-state index >= 15 is 0 Å². The average Bonchev–Trinajstić information content (AvgIpc) is 3.05. The molecule has 1 aliphatic heterocycles. The Hall–Kier alpha value is -1.93. The lowest BCUT2D eigenvalue weighted by molar-refractivity contribution is 0.179. The number of sulfonamides is 1. The van der Waals surface area contributed by atoms with Crippen LogP contribution in [-0.4, -0.2) is 53.2 Å². The van der Waals surface area contributed by atoms with Crippen LogP contribution in [0.4, 0.5) is 0 Å². The number of hydrogen-bond donors (Lipinski definition) is 0. The highest BCUT2D eigenvalue weighted by Gasteiger charge is 2.28. The molecule has 0 saturated carbocycles. The van der Waals surface area contributed by atoms with Gasteiger partial charge in [0.2, 0.25) is 10.0 Å². The number of aromatic nitrogens is 2. The fourth-order valence-corrected chi connectivity index (χ4v) is 4.96. The van der Waals surface area contributed by atoms with E-state index in [1.54, 1.807) is 18.2 Å². The zero-order valence-electron chi connectivity index (χ0n) is 14.1. The van der Waals surface area contributed by atoms with Gasteiger partial charge in [-0.1, -0.05) is 23.7 Å². The van der Waals surface area contributed by atoms with Gasteiger partial charge < -0.3 is 4.40 Å². The van der Waals surface area contributed by atoms with Crippen LogP contribution < -0.4 is 0 Å². The molecule has 26 heavy (non-hydrogen) atoms. The molecule has 1 fully saturated rings. The molecule has 1 saturated heterocycles. The maximum absolute atomic E-state index is 12.8. The lowest BCUT2D eigenvalue weighted by atomic mass is 10.3. The Balaban J connectivity index is 1.44. The van der Waals surface area contributed by atoms with Crippen LogP contribution in [0.1, 0.15) is 5.69 Å². The summed E-state index contributed by atoms with van der Waals surface area (Å²) in [5.41, 5.74) is 2.02. The van der Waals surface area contributed by atoms with E-state index in [-0.39, 0.29) is 4.90 Å². The number of benzene rings is 1. The maximum Gasteiger partial charge on any atom is 0.243 e. The Morgan fingerprint density at radius 3 is 2.62 bits per heavy atom. The largest absolute Gasteiger partial charge is 0.303 e. The van der Waals surface area contributed by atoms with Crippen molar-refractivity contribution in [1.82, 2.24) is 18.6 Å². The molecule has 8 heteroatoms. The smallest absolute Gasteiger partial charge is 0.243 e. The first-order chi connectivity index (χ1) is 12.5. The fourth-order valence-electron chi connectivity index (χ4n) is 3.24. The number of nitrogens with zero attached hydrogens (tertiary/aromatic N) is 4. The van der Waals surface area contributed by atoms with Crippen LogP contribution in [0.25, 0.3) is 5.65 Å². The molecule has 1 aliphatic rings. The van der Waals surface area contributed by atoms with E-state index in [0.29, 0.717) is 31.2 Å². The van der Waals surface area contributed by atoms with E-state index in [2.05, 4.69) is 14.3 Å². The molecule has 6 nitrogen and oxygen atoms in total. The average molecular weight is 391 g/mol. The molecule has 2 aromatic heterocycles. The van der Waals surface area contributed by atoms with E-state index < -0.39 is 10.0 Å². The van der Waals surface area contributed by atoms with E-state index in [9.17, 15) is 8.42 Å². The Kier molecular flexibility index (Phi) is 4.71. The van der Waals surface area contributed by atoms with Crippen molar-refractivity contribution < 1.29 is 8.42 Å². The zero-order valence-corrected chi connectivity index (χ0v) is 15.7. The molecule has 0 atom stereocenters. The molecule has 0 unspecified atom stereocenters. The molecule has 4 rings (SSSR count). The van der Waals surface area contributed by atoms with Crippen LogP contribution in [0.2, 0.25) is 5.02 Å². The molecular weight excluding hydrogens is 372 g/mol. The third kappa shape index (κ3) is 3.35. The highest BCUT2D eigenvalue weighted by atomic mass is 35.5. The first kappa shape index (κ1) is 17.5. The van der Waals surface area contributed by atoms with Crippen molar-refractivity contribution in [2.75, 3.05) is 26.2 Å². The molecule has 0 N–H and O–H groups in total. The Morgan fingerprint density at radius 1 is 1.04 bits per heavy atom. The molecule has 0 radical (unpaired) electrons. The summed E-state index contributed by atoms with van der Waals surface area (Å²) in [6.07, 6.45) is 3.88. The first-order valence-electron chi connectivity index (χ1n) is 8.43. The minimum Gasteiger partial charge on any atom is -0.303 e. The van der Waals surface area contributed by atoms with Crippen LogP contribution in [0, 0.1) is 0 Å². The summed E-state index contributed by atoms with van der Waals surface area (Å²) in [7, 11) is -3.50. The molecular formula is C18H19ClN4O2S. The van der Waals surface area contributed by atoms with E-state index in [1.807, 2.05) is 30.6 Å². The van der Waals surface area contributed by atoms with Gasteiger partial charge in [-0.3, -0.25) is 4.90 Å². The number of imidazole rings is 1. The summed E-state index contributed by atoms with van der Waals surface area (Å²) >= 11 is 5.94. The van der Waals surface area contributed by atoms with Crippen molar-refractivity contribution in [3.05, 3.63) is 65.6 Å². The van der Waals surface area contributed by atoms with Crippen LogP contribution in [0.15, 0.2) is 59.8 Å². The summed E-state index contributed by atoms with van der Waals surface area (Å²) in [4.78, 5) is 6.90. The monoisotopic (exact) mass is 390 g/mol. The number of hydrogen-bond acceptors (Lipinski definition) is 4. The summed E-state index contributed by atoms with van der Waals surface area (Å²) in [6, 6.07) is 12.3. The second kappa shape index (κ2) is 7.00. The summed E-state index contributed by atoms with van der Waals surface area (Å²) in [5.74, 6) is 0. The number of pyridine rings is 1. The normalized spacial score (nSPS) is 17.0. The number of rotatable bonds is 4. The van der Waals surface area contributed by atoms with Crippen LogP contribution in [0.3, 0.4) is 0 Å². The molecule has 3 aromatic rings. The van der Waals surface area contributed by atoms with Gasteiger partial charge in [-0.15, -0.1) is 0 Å². The van der Waals surface area contributed by atoms with Crippen LogP contribution >= 0.6 is 11.6 Å². The van der Waals surface area contributed by atoms with Gasteiger partial charge in [0.25, 0.3) is 0 Å². The topological polar surface area (TPSA) is 57.9 Å². The van der Waals surface area contributed by atoms with Crippen LogP contribution in [0.5, 0.6) is 0 Å². The van der Waals surface area contributed by atoms with Gasteiger partial charge in [0, 0.05) is 43.9 Å². The third-order valence-electron chi connectivity index (χ3n) is 4.64. The van der Waals surface area contributed by atoms with Crippen molar-refractivity contribution in [1.29, 1.82) is 0 Å². The minimum absolute atomic E-state index is 0.250. The SMILES string of the molecule is O=S(=O)(c1cccc(Cl)c1)N1CCN(Cc2cnc3ccccn23)CC1. The molecule has 0 bridgehead atoms. The van der Waals surface area contributed by atoms with Gasteiger partial charge >= 0.3 is 0 Å². The second-order valence-corrected chi connectivity index (χ2v) is 8.69. The van der Waals surface area contributed by atoms with Crippen molar-refractivity contribution in [2.24, 2.45) is 0 Å². The zero-order chi connectivity index (χ0) is 18.1. The highest BCUT2D eigenvalue weighted by molar-refractivity contribution is 7.89. The molecule has 0 amide bonds. The van der Waals surface area contributed by atoms with Crippen molar-refractivity contribution in [2.45, 2.75) is 11.4 Å². The van der Waals surface area contributed by atoms with Crippen molar-refractivity contribution in [3.8, 4) is 0 Å². The molecule has 0 spiro atoms. The quantitative estimate of drug-likeness (QED) is 0.686. The fraction of sp³-hybridized carbons (Fsp3) is 0.278. The van der Waals surface area contributed by atoms with Gasteiger partial charge in [-0.05, 0) is 30.3 Å². The molecule has 136 valence electrons. The first-order valence-corrected chi connectivity index (χ1v) is 10.2. The van der Waals surface area contributed by atoms with Gasteiger partial charge in [0.1, 0.15) is 5.65 Å². The van der Waals surface area contributed by atoms with E-state index in [4.69, 9.17) is 11.6 Å². The van der Waals surface area contributed by atoms with Crippen LogP contribution in [-0.2, 0) is 16.6 Å². The molecule has 3 heterocycles. The minimum atomic E-state index is -3.50. The highest BCUT2D eigenvalue weighted by Crippen LogP contribution is 2.21. The van der Waals surface area contributed by atoms with Gasteiger partial charge in [-0.25, -0.2) is 13.4 Å². The molecule has 1 aromatic carbocycles.